The molecule has 0 spiro atoms. The average molecular weight is 642 g/mol. The fourth-order valence-corrected chi connectivity index (χ4v) is 7.97. The molecule has 0 saturated carbocycles. The molecule has 3 atom stereocenters. The highest BCUT2D eigenvalue weighted by Gasteiger charge is 2.43. The average Bonchev–Trinajstić information content (AvgIpc) is 3.46. The summed E-state index contributed by atoms with van der Waals surface area (Å²) in [5.41, 5.74) is 13.0. The van der Waals surface area contributed by atoms with E-state index in [0.717, 1.165) is 22.6 Å². The van der Waals surface area contributed by atoms with Gasteiger partial charge in [0.05, 0.1) is 5.41 Å². The van der Waals surface area contributed by atoms with E-state index >= 15 is 0 Å². The maximum absolute atomic E-state index is 3.89. The van der Waals surface area contributed by atoms with Crippen molar-refractivity contribution >= 4 is 23.5 Å². The maximum atomic E-state index is 3.89. The molecule has 0 aromatic heterocycles. The zero-order chi connectivity index (χ0) is 33.9. The van der Waals surface area contributed by atoms with Gasteiger partial charge in [0.1, 0.15) is 0 Å². The van der Waals surface area contributed by atoms with E-state index in [9.17, 15) is 0 Å². The number of rotatable bonds is 9. The summed E-state index contributed by atoms with van der Waals surface area (Å²) in [5.74, 6) is 0.579. The SMILES string of the molecule is C=C/C=C\C=C\C1(c2ccccc2)c2ccccc2-c2ccc(N(C3=CC4C=Cc5ccccc5C4C=C3)c3cccc(/C=C\C=C)c3)cc21. The quantitative estimate of drug-likeness (QED) is 0.145. The minimum Gasteiger partial charge on any atom is -0.311 e. The fraction of sp³-hybridized carbons (Fsp3) is 0.0612. The van der Waals surface area contributed by atoms with Gasteiger partial charge in [-0.05, 0) is 74.8 Å². The number of hydrogen-bond acceptors (Lipinski definition) is 1. The van der Waals surface area contributed by atoms with Gasteiger partial charge in [0, 0.05) is 28.9 Å². The Morgan fingerprint density at radius 2 is 1.38 bits per heavy atom. The standard InChI is InChI=1S/C49H39N/c1-3-5-7-15-32-49(39-20-9-8-10-21-39)47-25-14-13-24-45(47)46-31-29-42(35-48(46)49)50(40-22-16-18-36(33-40)17-6-4-2)41-28-30-44-38(34-41)27-26-37-19-11-12-23-43(37)44/h3-35,38,44H,1-2H2/b7-5-,17-6-,32-15+. The van der Waals surface area contributed by atoms with Crippen LogP contribution in [0.1, 0.15) is 39.3 Å². The molecule has 240 valence electrons. The van der Waals surface area contributed by atoms with Gasteiger partial charge in [-0.15, -0.1) is 0 Å². The molecule has 50 heavy (non-hydrogen) atoms. The van der Waals surface area contributed by atoms with Crippen LogP contribution in [-0.4, -0.2) is 0 Å². The Morgan fingerprint density at radius 1 is 0.600 bits per heavy atom. The molecule has 1 heteroatoms. The van der Waals surface area contributed by atoms with Gasteiger partial charge in [0.2, 0.25) is 0 Å². The van der Waals surface area contributed by atoms with E-state index in [1.54, 1.807) is 0 Å². The van der Waals surface area contributed by atoms with Crippen molar-refractivity contribution < 1.29 is 0 Å². The Balaban J connectivity index is 1.33. The van der Waals surface area contributed by atoms with Crippen LogP contribution in [-0.2, 0) is 5.41 Å². The molecule has 5 aromatic rings. The van der Waals surface area contributed by atoms with Gasteiger partial charge in [-0.2, -0.15) is 0 Å². The molecular weight excluding hydrogens is 603 g/mol. The van der Waals surface area contributed by atoms with Gasteiger partial charge in [-0.1, -0.05) is 183 Å². The summed E-state index contributed by atoms with van der Waals surface area (Å²) in [6, 6.07) is 44.3. The van der Waals surface area contributed by atoms with Crippen LogP contribution in [0.3, 0.4) is 0 Å². The van der Waals surface area contributed by atoms with E-state index in [-0.39, 0.29) is 5.92 Å². The molecule has 0 saturated heterocycles. The molecule has 0 N–H and O–H groups in total. The first-order chi connectivity index (χ1) is 24.7. The number of anilines is 2. The van der Waals surface area contributed by atoms with Crippen LogP contribution in [0.5, 0.6) is 0 Å². The van der Waals surface area contributed by atoms with Crippen molar-refractivity contribution in [3.8, 4) is 11.1 Å². The number of fused-ring (bicyclic) bond motifs is 6. The normalized spacial score (nSPS) is 20.0. The first-order valence-corrected chi connectivity index (χ1v) is 17.3. The molecule has 5 aromatic carbocycles. The van der Waals surface area contributed by atoms with Crippen LogP contribution in [0.2, 0.25) is 0 Å². The minimum atomic E-state index is -0.480. The zero-order valence-corrected chi connectivity index (χ0v) is 28.1. The lowest BCUT2D eigenvalue weighted by molar-refractivity contribution is 0.684. The van der Waals surface area contributed by atoms with E-state index in [2.05, 4.69) is 194 Å². The largest absolute Gasteiger partial charge is 0.311 e. The van der Waals surface area contributed by atoms with E-state index in [1.165, 1.54) is 38.9 Å². The lowest BCUT2D eigenvalue weighted by Gasteiger charge is -2.35. The zero-order valence-electron chi connectivity index (χ0n) is 28.1. The highest BCUT2D eigenvalue weighted by molar-refractivity contribution is 5.88. The summed E-state index contributed by atoms with van der Waals surface area (Å²) < 4.78 is 0. The number of nitrogens with zero attached hydrogens (tertiary/aromatic N) is 1. The summed E-state index contributed by atoms with van der Waals surface area (Å²) in [7, 11) is 0. The van der Waals surface area contributed by atoms with E-state index < -0.39 is 5.41 Å². The topological polar surface area (TPSA) is 3.24 Å². The van der Waals surface area contributed by atoms with Crippen LogP contribution in [0.15, 0.2) is 207 Å². The second kappa shape index (κ2) is 13.4. The summed E-state index contributed by atoms with van der Waals surface area (Å²) in [6.45, 7) is 7.78. The third kappa shape index (κ3) is 5.38. The first-order valence-electron chi connectivity index (χ1n) is 17.3. The molecule has 3 unspecified atom stereocenters. The molecule has 0 amide bonds. The predicted octanol–water partition coefficient (Wildman–Crippen LogP) is 12.5. The van der Waals surface area contributed by atoms with Crippen molar-refractivity contribution in [3.05, 3.63) is 240 Å². The van der Waals surface area contributed by atoms with Crippen LogP contribution in [0.25, 0.3) is 23.3 Å². The molecular formula is C49H39N. The molecule has 3 aliphatic carbocycles. The predicted molar refractivity (Wildman–Crippen MR) is 213 cm³/mol. The number of allylic oxidation sites excluding steroid dienone is 11. The fourth-order valence-electron chi connectivity index (χ4n) is 7.97. The van der Waals surface area contributed by atoms with Crippen molar-refractivity contribution in [3.63, 3.8) is 0 Å². The van der Waals surface area contributed by atoms with Gasteiger partial charge in [-0.25, -0.2) is 0 Å². The molecule has 0 radical (unpaired) electrons. The van der Waals surface area contributed by atoms with Crippen LogP contribution >= 0.6 is 0 Å². The molecule has 8 rings (SSSR count). The van der Waals surface area contributed by atoms with E-state index in [1.807, 2.05) is 24.3 Å². The molecule has 0 aliphatic heterocycles. The second-order valence-electron chi connectivity index (χ2n) is 13.0. The second-order valence-corrected chi connectivity index (χ2v) is 13.0. The summed E-state index contributed by atoms with van der Waals surface area (Å²) in [6.07, 6.45) is 28.1. The third-order valence-corrected chi connectivity index (χ3v) is 10.2. The molecule has 0 fully saturated rings. The summed E-state index contributed by atoms with van der Waals surface area (Å²) in [5, 5.41) is 0. The van der Waals surface area contributed by atoms with Gasteiger partial charge in [0.15, 0.2) is 0 Å². The van der Waals surface area contributed by atoms with Crippen molar-refractivity contribution in [1.29, 1.82) is 0 Å². The first kappa shape index (κ1) is 31.1. The lowest BCUT2D eigenvalue weighted by atomic mass is 9.72. The third-order valence-electron chi connectivity index (χ3n) is 10.2. The Bertz CT molecular complexity index is 2270. The van der Waals surface area contributed by atoms with Crippen molar-refractivity contribution in [1.82, 2.24) is 0 Å². The van der Waals surface area contributed by atoms with Gasteiger partial charge >= 0.3 is 0 Å². The summed E-state index contributed by atoms with van der Waals surface area (Å²) in [4.78, 5) is 2.42. The van der Waals surface area contributed by atoms with Crippen LogP contribution in [0.4, 0.5) is 11.4 Å². The molecule has 3 aliphatic rings. The van der Waals surface area contributed by atoms with E-state index in [4.69, 9.17) is 0 Å². The lowest BCUT2D eigenvalue weighted by Crippen LogP contribution is -2.25. The maximum Gasteiger partial charge on any atom is 0.0647 e. The smallest absolute Gasteiger partial charge is 0.0647 e. The van der Waals surface area contributed by atoms with Gasteiger partial charge in [-0.3, -0.25) is 0 Å². The Labute approximate surface area is 296 Å². The van der Waals surface area contributed by atoms with Crippen molar-refractivity contribution in [2.75, 3.05) is 4.90 Å². The van der Waals surface area contributed by atoms with Crippen molar-refractivity contribution in [2.24, 2.45) is 5.92 Å². The van der Waals surface area contributed by atoms with Gasteiger partial charge < -0.3 is 4.90 Å². The van der Waals surface area contributed by atoms with Gasteiger partial charge in [0.25, 0.3) is 0 Å². The number of hydrogen-bond donors (Lipinski definition) is 0. The molecule has 1 nitrogen and oxygen atoms in total. The van der Waals surface area contributed by atoms with E-state index in [0.29, 0.717) is 5.92 Å². The highest BCUT2D eigenvalue weighted by Crippen LogP contribution is 2.55. The highest BCUT2D eigenvalue weighted by atomic mass is 15.1. The summed E-state index contributed by atoms with van der Waals surface area (Å²) >= 11 is 0. The Hall–Kier alpha value is -6.18. The molecule has 0 bridgehead atoms. The Kier molecular flexibility index (Phi) is 8.32. The monoisotopic (exact) mass is 641 g/mol. The minimum absolute atomic E-state index is 0.262. The number of benzene rings is 5. The van der Waals surface area contributed by atoms with Crippen LogP contribution in [0, 0.1) is 5.92 Å². The molecule has 0 heterocycles. The van der Waals surface area contributed by atoms with Crippen LogP contribution < -0.4 is 4.90 Å². The van der Waals surface area contributed by atoms with Crippen molar-refractivity contribution in [2.45, 2.75) is 11.3 Å². The Morgan fingerprint density at radius 3 is 2.26 bits per heavy atom.